The zero-order valence-electron chi connectivity index (χ0n) is 34.5. The fourth-order valence-electron chi connectivity index (χ4n) is 8.09. The fraction of sp³-hybridized carbons (Fsp3) is 0.292. The molecule has 3 atom stereocenters. The Morgan fingerprint density at radius 1 is 0.889 bits per heavy atom. The Balaban J connectivity index is 0.762. The van der Waals surface area contributed by atoms with Gasteiger partial charge in [0.05, 0.1) is 36.3 Å². The molecule has 15 heteroatoms. The van der Waals surface area contributed by atoms with Gasteiger partial charge in [0.2, 0.25) is 5.56 Å². The summed E-state index contributed by atoms with van der Waals surface area (Å²) in [5.41, 5.74) is 3.34. The number of phenolic OH excluding ortho intramolecular Hbond substituents is 1. The van der Waals surface area contributed by atoms with Gasteiger partial charge in [-0.3, -0.25) is 14.5 Å². The van der Waals surface area contributed by atoms with E-state index in [2.05, 4.69) is 25.8 Å². The van der Waals surface area contributed by atoms with Crippen LogP contribution in [-0.4, -0.2) is 83.5 Å². The van der Waals surface area contributed by atoms with Crippen molar-refractivity contribution in [2.24, 2.45) is 5.92 Å². The van der Waals surface area contributed by atoms with Gasteiger partial charge in [0.15, 0.2) is 5.76 Å². The number of hydrogen-bond donors (Lipinski definition) is 6. The molecule has 4 aromatic carbocycles. The lowest BCUT2D eigenvalue weighted by Crippen LogP contribution is -2.52. The fourth-order valence-corrected chi connectivity index (χ4v) is 8.09. The highest BCUT2D eigenvalue weighted by Gasteiger charge is 2.37. The SMILES string of the molecule is O=C(NC(c1ccccc1)c1cccc(OCc2ccc(C(=O)OCCNC(=O)c3ccc(CNC[C@H](O)c4ccc(O)c5[nH]c(=O)ccc45)o3)cc2)c1)O[C@H]1CN2CCC1CC2. The smallest absolute Gasteiger partial charge is 0.408 e. The molecule has 0 spiro atoms. The molecule has 0 radical (unpaired) electrons. The van der Waals surface area contributed by atoms with Crippen molar-refractivity contribution >= 4 is 28.9 Å². The zero-order valence-corrected chi connectivity index (χ0v) is 34.5. The molecule has 1 unspecified atom stereocenters. The number of aliphatic hydroxyl groups is 1. The lowest BCUT2D eigenvalue weighted by Gasteiger charge is -2.43. The van der Waals surface area contributed by atoms with E-state index < -0.39 is 30.1 Å². The Labute approximate surface area is 363 Å². The number of carbonyl (C=O) groups is 3. The van der Waals surface area contributed by atoms with Crippen LogP contribution in [0, 0.1) is 5.92 Å². The van der Waals surface area contributed by atoms with Crippen molar-refractivity contribution in [1.29, 1.82) is 0 Å². The van der Waals surface area contributed by atoms with Gasteiger partial charge in [-0.05, 0) is 103 Å². The second kappa shape index (κ2) is 19.8. The number of piperidine rings is 3. The minimum atomic E-state index is -0.955. The number of benzene rings is 4. The third-order valence-corrected chi connectivity index (χ3v) is 11.4. The van der Waals surface area contributed by atoms with Crippen LogP contribution in [-0.2, 0) is 22.6 Å². The van der Waals surface area contributed by atoms with Crippen molar-refractivity contribution < 1.29 is 43.2 Å². The van der Waals surface area contributed by atoms with Crippen LogP contribution in [0.5, 0.6) is 11.5 Å². The van der Waals surface area contributed by atoms with E-state index >= 15 is 0 Å². The molecule has 3 aliphatic rings. The summed E-state index contributed by atoms with van der Waals surface area (Å²) in [6, 6.07) is 32.8. The van der Waals surface area contributed by atoms with Crippen LogP contribution in [0.4, 0.5) is 4.79 Å². The second-order valence-electron chi connectivity index (χ2n) is 15.7. The number of nitrogens with zero attached hydrogens (tertiary/aromatic N) is 1. The number of amides is 2. The monoisotopic (exact) mass is 855 g/mol. The van der Waals surface area contributed by atoms with Gasteiger partial charge in [-0.2, -0.15) is 0 Å². The van der Waals surface area contributed by atoms with E-state index in [9.17, 15) is 29.4 Å². The summed E-state index contributed by atoms with van der Waals surface area (Å²) in [5.74, 6) is 0.436. The lowest BCUT2D eigenvalue weighted by atomic mass is 9.86. The Morgan fingerprint density at radius 2 is 1.68 bits per heavy atom. The molecule has 0 aliphatic carbocycles. The third kappa shape index (κ3) is 10.8. The molecular formula is C48H49N5O10. The first-order chi connectivity index (χ1) is 30.7. The number of rotatable bonds is 17. The predicted molar refractivity (Wildman–Crippen MR) is 232 cm³/mol. The van der Waals surface area contributed by atoms with Gasteiger partial charge in [0.25, 0.3) is 5.91 Å². The van der Waals surface area contributed by atoms with Crippen LogP contribution in [0.2, 0.25) is 0 Å². The summed E-state index contributed by atoms with van der Waals surface area (Å²) < 4.78 is 23.1. The molecule has 6 N–H and O–H groups in total. The maximum absolute atomic E-state index is 13.2. The van der Waals surface area contributed by atoms with E-state index in [0.717, 1.165) is 49.2 Å². The summed E-state index contributed by atoms with van der Waals surface area (Å²) in [6.07, 6.45) is 0.606. The molecule has 15 nitrogen and oxygen atoms in total. The van der Waals surface area contributed by atoms with E-state index in [1.807, 2.05) is 54.6 Å². The highest BCUT2D eigenvalue weighted by molar-refractivity contribution is 5.92. The van der Waals surface area contributed by atoms with E-state index in [1.54, 1.807) is 42.5 Å². The molecule has 326 valence electrons. The number of fused-ring (bicyclic) bond motifs is 4. The summed E-state index contributed by atoms with van der Waals surface area (Å²) >= 11 is 0. The average molecular weight is 856 g/mol. The van der Waals surface area contributed by atoms with Gasteiger partial charge < -0.3 is 49.8 Å². The third-order valence-electron chi connectivity index (χ3n) is 11.4. The van der Waals surface area contributed by atoms with E-state index in [-0.39, 0.29) is 61.5 Å². The molecule has 2 amide bonds. The topological polar surface area (TPSA) is 205 Å². The minimum Gasteiger partial charge on any atom is -0.506 e. The van der Waals surface area contributed by atoms with Crippen LogP contribution in [0.1, 0.15) is 73.9 Å². The molecule has 9 rings (SSSR count). The van der Waals surface area contributed by atoms with E-state index in [0.29, 0.717) is 33.9 Å². The first kappa shape index (κ1) is 42.7. The van der Waals surface area contributed by atoms with Crippen LogP contribution in [0.25, 0.3) is 10.9 Å². The standard InChI is InChI=1S/C48H49N5O10/c54-39-16-14-37(38-15-18-43(56)51-45(38)39)40(55)27-49-26-36-13-17-41(62-36)46(57)50-21-24-60-47(58)33-11-9-30(10-12-33)29-61-35-8-4-7-34(25-35)44(32-5-2-1-3-6-32)52-48(59)63-42-28-53-22-19-31(42)20-23-53/h1-18,25,31,40,42,44,49,54-55H,19-24,26-29H2,(H,50,57)(H,51,56)(H,52,59)/t40-,42-,44?/m0/s1. The molecular weight excluding hydrogens is 807 g/mol. The molecule has 2 bridgehead atoms. The van der Waals surface area contributed by atoms with Crippen LogP contribution in [0.3, 0.4) is 0 Å². The number of hydrogen-bond acceptors (Lipinski definition) is 12. The second-order valence-corrected chi connectivity index (χ2v) is 15.7. The first-order valence-corrected chi connectivity index (χ1v) is 21.0. The predicted octanol–water partition coefficient (Wildman–Crippen LogP) is 5.73. The Morgan fingerprint density at radius 3 is 2.46 bits per heavy atom. The first-order valence-electron chi connectivity index (χ1n) is 21.0. The van der Waals surface area contributed by atoms with Crippen LogP contribution >= 0.6 is 0 Å². The zero-order chi connectivity index (χ0) is 43.7. The highest BCUT2D eigenvalue weighted by Crippen LogP contribution is 2.31. The van der Waals surface area contributed by atoms with Gasteiger partial charge in [-0.1, -0.05) is 60.7 Å². The molecule has 2 aromatic heterocycles. The van der Waals surface area contributed by atoms with Gasteiger partial charge >= 0.3 is 12.1 Å². The number of aromatic hydroxyl groups is 1. The Kier molecular flexibility index (Phi) is 13.5. The normalized spacial score (nSPS) is 17.7. The Bertz CT molecular complexity index is 2590. The average Bonchev–Trinajstić information content (AvgIpc) is 3.79. The highest BCUT2D eigenvalue weighted by atomic mass is 16.6. The van der Waals surface area contributed by atoms with Crippen molar-refractivity contribution in [3.05, 3.63) is 165 Å². The number of H-pyrrole nitrogens is 1. The number of furan rings is 1. The number of esters is 1. The van der Waals surface area contributed by atoms with E-state index in [1.165, 1.54) is 18.2 Å². The number of phenols is 1. The largest absolute Gasteiger partial charge is 0.506 e. The van der Waals surface area contributed by atoms with Gasteiger partial charge in [-0.25, -0.2) is 9.59 Å². The lowest BCUT2D eigenvalue weighted by molar-refractivity contribution is -0.0336. The van der Waals surface area contributed by atoms with Crippen molar-refractivity contribution in [2.75, 3.05) is 39.3 Å². The van der Waals surface area contributed by atoms with Crippen molar-refractivity contribution in [2.45, 2.75) is 44.2 Å². The number of carbonyl (C=O) groups excluding carboxylic acids is 3. The summed E-state index contributed by atoms with van der Waals surface area (Å²) in [5, 5.41) is 30.3. The van der Waals surface area contributed by atoms with Crippen LogP contribution in [0.15, 0.2) is 124 Å². The van der Waals surface area contributed by atoms with Crippen molar-refractivity contribution in [3.63, 3.8) is 0 Å². The maximum atomic E-state index is 13.2. The molecule has 63 heavy (non-hydrogen) atoms. The maximum Gasteiger partial charge on any atom is 0.408 e. The molecule has 3 saturated heterocycles. The molecule has 3 fully saturated rings. The van der Waals surface area contributed by atoms with Crippen LogP contribution < -0.4 is 26.2 Å². The number of aliphatic hydroxyl groups excluding tert-OH is 1. The number of pyridine rings is 1. The van der Waals surface area contributed by atoms with Gasteiger partial charge in [0.1, 0.15) is 36.6 Å². The molecule has 0 saturated carbocycles. The molecule has 6 aromatic rings. The molecule has 3 aliphatic heterocycles. The van der Waals surface area contributed by atoms with Crippen molar-refractivity contribution in [1.82, 2.24) is 25.8 Å². The van der Waals surface area contributed by atoms with Crippen molar-refractivity contribution in [3.8, 4) is 11.5 Å². The number of aromatic amines is 1. The summed E-state index contributed by atoms with van der Waals surface area (Å²) in [4.78, 5) is 55.3. The number of aromatic nitrogens is 1. The number of alkyl carbamates (subject to hydrolysis) is 1. The molecule has 5 heterocycles. The number of ether oxygens (including phenoxy) is 3. The summed E-state index contributed by atoms with van der Waals surface area (Å²) in [7, 11) is 0. The van der Waals surface area contributed by atoms with Gasteiger partial charge in [-0.15, -0.1) is 0 Å². The Hall–Kier alpha value is -6.94. The van der Waals surface area contributed by atoms with E-state index in [4.69, 9.17) is 18.6 Å². The quantitative estimate of drug-likeness (QED) is 0.0482. The number of nitrogens with one attached hydrogen (secondary N) is 4. The summed E-state index contributed by atoms with van der Waals surface area (Å²) in [6.45, 7) is 3.50. The minimum absolute atomic E-state index is 0.0590. The van der Waals surface area contributed by atoms with Gasteiger partial charge in [0, 0.05) is 24.5 Å².